The Morgan fingerprint density at radius 2 is 2.14 bits per heavy atom. The minimum Gasteiger partial charge on any atom is -0.287 e. The molecule has 6 nitrogen and oxygen atoms in total. The van der Waals surface area contributed by atoms with Crippen molar-refractivity contribution in [2.75, 3.05) is 13.2 Å². The third-order valence-corrected chi connectivity index (χ3v) is 4.76. The van der Waals surface area contributed by atoms with Gasteiger partial charge in [-0.05, 0) is 39.3 Å². The summed E-state index contributed by atoms with van der Waals surface area (Å²) in [4.78, 5) is 4.28. The number of phosphoric ester groups is 1. The minimum atomic E-state index is -3.73. The lowest BCUT2D eigenvalue weighted by molar-refractivity contribution is 0.113. The molecular weight excluding hydrogens is 311 g/mol. The summed E-state index contributed by atoms with van der Waals surface area (Å²) in [6, 6.07) is 1.95. The first-order valence-corrected chi connectivity index (χ1v) is 8.85. The summed E-state index contributed by atoms with van der Waals surface area (Å²) < 4.78 is 27.6. The third kappa shape index (κ3) is 5.70. The molecule has 1 heterocycles. The maximum absolute atomic E-state index is 12.3. The largest absolute Gasteiger partial charge is 0.476 e. The van der Waals surface area contributed by atoms with Crippen LogP contribution >= 0.6 is 19.2 Å². The van der Waals surface area contributed by atoms with E-state index < -0.39 is 13.9 Å². The molecule has 1 atom stereocenters. The van der Waals surface area contributed by atoms with Crippen molar-refractivity contribution in [3.05, 3.63) is 21.7 Å². The van der Waals surface area contributed by atoms with Crippen molar-refractivity contribution >= 4 is 25.2 Å². The molecule has 1 aromatic heterocycles. The van der Waals surface area contributed by atoms with E-state index in [1.165, 1.54) is 11.3 Å². The molecule has 0 N–H and O–H groups in total. The summed E-state index contributed by atoms with van der Waals surface area (Å²) in [5.74, 6) is 0. The summed E-state index contributed by atoms with van der Waals surface area (Å²) in [6.45, 7) is 7.31. The van der Waals surface area contributed by atoms with Crippen LogP contribution in [0.5, 0.6) is 0 Å². The lowest BCUT2D eigenvalue weighted by atomic mass is 10.1. The monoisotopic (exact) mass is 330 g/mol. The number of nitrogens with zero attached hydrogens (tertiary/aromatic N) is 2. The summed E-state index contributed by atoms with van der Waals surface area (Å²) in [7, 11) is -3.73. The van der Waals surface area contributed by atoms with Gasteiger partial charge in [0, 0.05) is 5.38 Å². The normalized spacial score (nSPS) is 14.0. The highest BCUT2D eigenvalue weighted by Crippen LogP contribution is 2.51. The molecule has 1 aromatic rings. The van der Waals surface area contributed by atoms with Gasteiger partial charge in [-0.3, -0.25) is 13.6 Å². The van der Waals surface area contributed by atoms with Gasteiger partial charge in [0.1, 0.15) is 0 Å². The molecular formula is C13H19N2O4PS. The van der Waals surface area contributed by atoms with Crippen molar-refractivity contribution in [2.24, 2.45) is 0 Å². The first-order valence-electron chi connectivity index (χ1n) is 6.51. The van der Waals surface area contributed by atoms with Crippen LogP contribution in [0.25, 0.3) is 6.08 Å². The second-order valence-electron chi connectivity index (χ2n) is 4.08. The molecule has 116 valence electrons. The molecule has 0 aliphatic carbocycles. The van der Waals surface area contributed by atoms with Gasteiger partial charge in [-0.1, -0.05) is 0 Å². The van der Waals surface area contributed by atoms with Gasteiger partial charge in [-0.15, -0.1) is 11.3 Å². The van der Waals surface area contributed by atoms with E-state index in [4.69, 9.17) is 13.6 Å². The molecule has 0 aromatic carbocycles. The van der Waals surface area contributed by atoms with Gasteiger partial charge in [-0.25, -0.2) is 9.55 Å². The van der Waals surface area contributed by atoms with E-state index in [1.54, 1.807) is 26.8 Å². The molecule has 8 heteroatoms. The molecule has 0 amide bonds. The quantitative estimate of drug-likeness (QED) is 0.671. The maximum Gasteiger partial charge on any atom is 0.476 e. The first-order chi connectivity index (χ1) is 9.94. The zero-order valence-electron chi connectivity index (χ0n) is 12.5. The van der Waals surface area contributed by atoms with E-state index in [0.717, 1.165) is 10.7 Å². The highest BCUT2D eigenvalue weighted by atomic mass is 32.1. The summed E-state index contributed by atoms with van der Waals surface area (Å²) in [6.07, 6.45) is 0.704. The van der Waals surface area contributed by atoms with E-state index in [2.05, 4.69) is 4.98 Å². The van der Waals surface area contributed by atoms with Gasteiger partial charge >= 0.3 is 7.82 Å². The van der Waals surface area contributed by atoms with Crippen LogP contribution in [-0.4, -0.2) is 24.3 Å². The van der Waals surface area contributed by atoms with Gasteiger partial charge in [-0.2, -0.15) is 5.26 Å². The average molecular weight is 330 g/mol. The molecule has 0 saturated heterocycles. The van der Waals surface area contributed by atoms with Crippen LogP contribution in [0.15, 0.2) is 11.0 Å². The lowest BCUT2D eigenvalue weighted by Crippen LogP contribution is -2.13. The Kier molecular flexibility index (Phi) is 7.23. The Bertz CT molecular complexity index is 569. The van der Waals surface area contributed by atoms with E-state index in [9.17, 15) is 9.83 Å². The van der Waals surface area contributed by atoms with Gasteiger partial charge in [0.05, 0.1) is 30.0 Å². The number of aromatic nitrogens is 1. The molecule has 0 spiro atoms. The third-order valence-electron chi connectivity index (χ3n) is 2.35. The molecule has 0 fully saturated rings. The molecule has 0 aliphatic heterocycles. The number of aryl methyl sites for hydroxylation is 1. The second kappa shape index (κ2) is 8.42. The highest BCUT2D eigenvalue weighted by molar-refractivity contribution is 7.48. The maximum atomic E-state index is 12.3. The van der Waals surface area contributed by atoms with Crippen molar-refractivity contribution in [1.29, 1.82) is 5.26 Å². The Morgan fingerprint density at radius 1 is 1.52 bits per heavy atom. The van der Waals surface area contributed by atoms with Crippen LogP contribution < -0.4 is 0 Å². The average Bonchev–Trinajstić information content (AvgIpc) is 2.82. The van der Waals surface area contributed by atoms with E-state index >= 15 is 0 Å². The second-order valence-corrected chi connectivity index (χ2v) is 6.76. The van der Waals surface area contributed by atoms with Gasteiger partial charge < -0.3 is 0 Å². The molecule has 0 radical (unpaired) electrons. The predicted molar refractivity (Wildman–Crippen MR) is 81.8 cm³/mol. The topological polar surface area (TPSA) is 81.4 Å². The van der Waals surface area contributed by atoms with Crippen LogP contribution in [0.3, 0.4) is 0 Å². The zero-order valence-corrected chi connectivity index (χ0v) is 14.2. The number of rotatable bonds is 8. The fraction of sp³-hybridized carbons (Fsp3) is 0.538. The number of thiazole rings is 1. The molecule has 0 aliphatic rings. The Balaban J connectivity index is 2.89. The van der Waals surface area contributed by atoms with Crippen molar-refractivity contribution in [1.82, 2.24) is 4.98 Å². The summed E-state index contributed by atoms with van der Waals surface area (Å²) in [5, 5.41) is 12.0. The van der Waals surface area contributed by atoms with E-state index in [-0.39, 0.29) is 13.2 Å². The van der Waals surface area contributed by atoms with E-state index in [0.29, 0.717) is 5.57 Å². The highest BCUT2D eigenvalue weighted by Gasteiger charge is 2.30. The fourth-order valence-corrected chi connectivity index (χ4v) is 3.38. The Hall–Kier alpha value is -1.03. The molecule has 21 heavy (non-hydrogen) atoms. The lowest BCUT2D eigenvalue weighted by Gasteiger charge is -2.19. The van der Waals surface area contributed by atoms with Crippen LogP contribution in [0, 0.1) is 18.3 Å². The van der Waals surface area contributed by atoms with Crippen molar-refractivity contribution in [3.63, 3.8) is 0 Å². The number of nitriles is 1. The number of phosphoric acid groups is 1. The molecule has 0 unspecified atom stereocenters. The molecule has 1 rings (SSSR count). The van der Waals surface area contributed by atoms with E-state index in [1.807, 2.05) is 18.4 Å². The smallest absolute Gasteiger partial charge is 0.287 e. The van der Waals surface area contributed by atoms with Crippen LogP contribution in [-0.2, 0) is 18.1 Å². The zero-order chi connectivity index (χ0) is 15.9. The van der Waals surface area contributed by atoms with Gasteiger partial charge in [0.25, 0.3) is 0 Å². The summed E-state index contributed by atoms with van der Waals surface area (Å²) in [5.41, 5.74) is 1.32. The van der Waals surface area contributed by atoms with Crippen molar-refractivity contribution in [2.45, 2.75) is 33.8 Å². The Labute approximate surface area is 129 Å². The van der Waals surface area contributed by atoms with Crippen molar-refractivity contribution in [3.8, 4) is 6.07 Å². The number of hydrogen-bond donors (Lipinski definition) is 0. The fourth-order valence-electron chi connectivity index (χ4n) is 1.51. The van der Waals surface area contributed by atoms with Crippen LogP contribution in [0.2, 0.25) is 0 Å². The Morgan fingerprint density at radius 3 is 2.57 bits per heavy atom. The predicted octanol–water partition coefficient (Wildman–Crippen LogP) is 3.94. The number of hydrogen-bond acceptors (Lipinski definition) is 7. The SMILES string of the molecule is CCOP(=O)(OCC)O[C@@H](C#N)/C(C)=C/c1csc(C)n1. The van der Waals surface area contributed by atoms with Crippen molar-refractivity contribution < 1.29 is 18.1 Å². The molecule has 0 bridgehead atoms. The van der Waals surface area contributed by atoms with Gasteiger partial charge in [0.2, 0.25) is 0 Å². The van der Waals surface area contributed by atoms with Crippen LogP contribution in [0.4, 0.5) is 0 Å². The molecule has 0 saturated carbocycles. The standard InChI is InChI=1S/C13H19N2O4PS/c1-5-17-20(16,18-6-2)19-13(8-14)10(3)7-12-9-21-11(4)15-12/h7,9,13H,5-6H2,1-4H3/b10-7+/t13-/m0/s1. The van der Waals surface area contributed by atoms with Gasteiger partial charge in [0.15, 0.2) is 6.10 Å². The minimum absolute atomic E-state index is 0.170. The summed E-state index contributed by atoms with van der Waals surface area (Å²) >= 11 is 1.51. The van der Waals surface area contributed by atoms with Crippen LogP contribution in [0.1, 0.15) is 31.5 Å². The first kappa shape index (κ1) is 18.0.